The number of nitrogens with zero attached hydrogens (tertiary/aromatic N) is 3. The Morgan fingerprint density at radius 2 is 2.17 bits per heavy atom. The first-order valence-corrected chi connectivity index (χ1v) is 8.54. The molecule has 1 atom stereocenters. The van der Waals surface area contributed by atoms with Gasteiger partial charge in [-0.05, 0) is 43.4 Å². The van der Waals surface area contributed by atoms with Crippen LogP contribution in [0.4, 0.5) is 11.6 Å². The number of nitrogens with one attached hydrogen (secondary N) is 1. The molecule has 3 rings (SSSR count). The highest BCUT2D eigenvalue weighted by atomic mass is 16.1. The van der Waals surface area contributed by atoms with Crippen molar-refractivity contribution in [1.29, 1.82) is 0 Å². The first-order valence-electron chi connectivity index (χ1n) is 8.54. The van der Waals surface area contributed by atoms with E-state index in [0.717, 1.165) is 30.0 Å². The van der Waals surface area contributed by atoms with Crippen LogP contribution < -0.4 is 10.2 Å². The number of piperidine rings is 1. The number of hydrogen-bond donors (Lipinski definition) is 1. The standard InChI is InChI=1S/C19H24N4O/c1-14-5-3-7-16(11-14)12-19(24)20-17-8-9-18(22-21-17)23-10-4-6-15(2)13-23/h3,5,7-9,11,15H,4,6,10,12-13H2,1-2H3,(H,20,21,24). The molecule has 1 unspecified atom stereocenters. The maximum Gasteiger partial charge on any atom is 0.229 e. The van der Waals surface area contributed by atoms with Crippen molar-refractivity contribution in [1.82, 2.24) is 10.2 Å². The van der Waals surface area contributed by atoms with E-state index in [4.69, 9.17) is 0 Å². The Balaban J connectivity index is 1.58. The fourth-order valence-electron chi connectivity index (χ4n) is 3.15. The Morgan fingerprint density at radius 1 is 1.29 bits per heavy atom. The van der Waals surface area contributed by atoms with Gasteiger partial charge in [0, 0.05) is 13.1 Å². The summed E-state index contributed by atoms with van der Waals surface area (Å²) in [6, 6.07) is 11.7. The van der Waals surface area contributed by atoms with Gasteiger partial charge >= 0.3 is 0 Å². The first-order chi connectivity index (χ1) is 11.6. The molecule has 1 aromatic carbocycles. The molecule has 126 valence electrons. The van der Waals surface area contributed by atoms with Crippen LogP contribution in [0.25, 0.3) is 0 Å². The lowest BCUT2D eigenvalue weighted by Gasteiger charge is -2.31. The van der Waals surface area contributed by atoms with Crippen LogP contribution in [-0.2, 0) is 11.2 Å². The first kappa shape index (κ1) is 16.4. The van der Waals surface area contributed by atoms with Gasteiger partial charge in [0.2, 0.25) is 5.91 Å². The molecule has 1 amide bonds. The summed E-state index contributed by atoms with van der Waals surface area (Å²) in [6.07, 6.45) is 2.81. The Labute approximate surface area is 143 Å². The predicted octanol–water partition coefficient (Wildman–Crippen LogP) is 3.20. The van der Waals surface area contributed by atoms with E-state index in [1.165, 1.54) is 12.8 Å². The van der Waals surface area contributed by atoms with Gasteiger partial charge in [-0.3, -0.25) is 4.79 Å². The topological polar surface area (TPSA) is 58.1 Å². The van der Waals surface area contributed by atoms with E-state index in [1.54, 1.807) is 0 Å². The zero-order chi connectivity index (χ0) is 16.9. The van der Waals surface area contributed by atoms with Crippen LogP contribution in [-0.4, -0.2) is 29.2 Å². The van der Waals surface area contributed by atoms with Crippen molar-refractivity contribution >= 4 is 17.5 Å². The van der Waals surface area contributed by atoms with Crippen molar-refractivity contribution in [3.63, 3.8) is 0 Å². The summed E-state index contributed by atoms with van der Waals surface area (Å²) in [5.41, 5.74) is 2.15. The zero-order valence-electron chi connectivity index (χ0n) is 14.3. The van der Waals surface area contributed by atoms with Crippen molar-refractivity contribution in [3.05, 3.63) is 47.5 Å². The Morgan fingerprint density at radius 3 is 2.88 bits per heavy atom. The monoisotopic (exact) mass is 324 g/mol. The molecule has 5 heteroatoms. The Kier molecular flexibility index (Phi) is 5.08. The zero-order valence-corrected chi connectivity index (χ0v) is 14.3. The number of carbonyl (C=O) groups excluding carboxylic acids is 1. The van der Waals surface area contributed by atoms with Gasteiger partial charge in [-0.15, -0.1) is 10.2 Å². The molecule has 0 aliphatic carbocycles. The molecule has 0 spiro atoms. The maximum atomic E-state index is 12.1. The van der Waals surface area contributed by atoms with E-state index in [-0.39, 0.29) is 5.91 Å². The number of amides is 1. The highest BCUT2D eigenvalue weighted by Gasteiger charge is 2.17. The molecule has 5 nitrogen and oxygen atoms in total. The van der Waals surface area contributed by atoms with Gasteiger partial charge in [0.15, 0.2) is 11.6 Å². The third-order valence-corrected chi connectivity index (χ3v) is 4.35. The van der Waals surface area contributed by atoms with E-state index in [1.807, 2.05) is 43.3 Å². The van der Waals surface area contributed by atoms with Crippen molar-refractivity contribution in [2.24, 2.45) is 5.92 Å². The number of aromatic nitrogens is 2. The molecule has 0 bridgehead atoms. The summed E-state index contributed by atoms with van der Waals surface area (Å²) in [5, 5.41) is 11.2. The third-order valence-electron chi connectivity index (χ3n) is 4.35. The van der Waals surface area contributed by atoms with Crippen molar-refractivity contribution in [2.45, 2.75) is 33.1 Å². The summed E-state index contributed by atoms with van der Waals surface area (Å²) in [6.45, 7) is 6.33. The fourth-order valence-corrected chi connectivity index (χ4v) is 3.15. The lowest BCUT2D eigenvalue weighted by Crippen LogP contribution is -2.34. The second kappa shape index (κ2) is 7.43. The number of hydrogen-bond acceptors (Lipinski definition) is 4. The van der Waals surface area contributed by atoms with Gasteiger partial charge in [-0.1, -0.05) is 36.8 Å². The molecule has 0 saturated carbocycles. The molecule has 2 aromatic rings. The van der Waals surface area contributed by atoms with Gasteiger partial charge < -0.3 is 10.2 Å². The van der Waals surface area contributed by atoms with Crippen LogP contribution in [0.15, 0.2) is 36.4 Å². The minimum absolute atomic E-state index is 0.0748. The lowest BCUT2D eigenvalue weighted by atomic mass is 10.0. The maximum absolute atomic E-state index is 12.1. The molecule has 1 saturated heterocycles. The average Bonchev–Trinajstić information content (AvgIpc) is 2.55. The van der Waals surface area contributed by atoms with Crippen molar-refractivity contribution < 1.29 is 4.79 Å². The van der Waals surface area contributed by atoms with Crippen molar-refractivity contribution in [2.75, 3.05) is 23.3 Å². The molecular weight excluding hydrogens is 300 g/mol. The number of benzene rings is 1. The van der Waals surface area contributed by atoms with Gasteiger partial charge in [0.25, 0.3) is 0 Å². The van der Waals surface area contributed by atoms with Gasteiger partial charge in [-0.2, -0.15) is 0 Å². The number of rotatable bonds is 4. The van der Waals surface area contributed by atoms with E-state index in [2.05, 4.69) is 27.3 Å². The molecule has 24 heavy (non-hydrogen) atoms. The molecule has 2 heterocycles. The van der Waals surface area contributed by atoms with E-state index in [9.17, 15) is 4.79 Å². The van der Waals surface area contributed by atoms with Crippen LogP contribution in [0, 0.1) is 12.8 Å². The van der Waals surface area contributed by atoms with Crippen molar-refractivity contribution in [3.8, 4) is 0 Å². The van der Waals surface area contributed by atoms with Gasteiger partial charge in [0.1, 0.15) is 0 Å². The largest absolute Gasteiger partial charge is 0.355 e. The molecular formula is C19H24N4O. The number of anilines is 2. The molecule has 1 aliphatic rings. The van der Waals surface area contributed by atoms with Crippen LogP contribution in [0.5, 0.6) is 0 Å². The molecule has 1 fully saturated rings. The lowest BCUT2D eigenvalue weighted by molar-refractivity contribution is -0.115. The minimum Gasteiger partial charge on any atom is -0.355 e. The minimum atomic E-state index is -0.0748. The second-order valence-electron chi connectivity index (χ2n) is 6.68. The Hall–Kier alpha value is -2.43. The Bertz CT molecular complexity index is 699. The van der Waals surface area contributed by atoms with E-state index < -0.39 is 0 Å². The fraction of sp³-hybridized carbons (Fsp3) is 0.421. The van der Waals surface area contributed by atoms with Crippen LogP contribution >= 0.6 is 0 Å². The van der Waals surface area contributed by atoms with Gasteiger partial charge in [-0.25, -0.2) is 0 Å². The summed E-state index contributed by atoms with van der Waals surface area (Å²) >= 11 is 0. The predicted molar refractivity (Wildman–Crippen MR) is 96.2 cm³/mol. The number of carbonyl (C=O) groups is 1. The van der Waals surface area contributed by atoms with Crippen LogP contribution in [0.2, 0.25) is 0 Å². The van der Waals surface area contributed by atoms with E-state index >= 15 is 0 Å². The molecule has 0 radical (unpaired) electrons. The highest BCUT2D eigenvalue weighted by Crippen LogP contribution is 2.21. The molecule has 1 N–H and O–H groups in total. The summed E-state index contributed by atoms with van der Waals surface area (Å²) in [5.74, 6) is 2.00. The second-order valence-corrected chi connectivity index (χ2v) is 6.68. The molecule has 1 aromatic heterocycles. The van der Waals surface area contributed by atoms with Crippen LogP contribution in [0.3, 0.4) is 0 Å². The summed E-state index contributed by atoms with van der Waals surface area (Å²) in [7, 11) is 0. The number of aryl methyl sites for hydroxylation is 1. The van der Waals surface area contributed by atoms with Gasteiger partial charge in [0.05, 0.1) is 6.42 Å². The summed E-state index contributed by atoms with van der Waals surface area (Å²) in [4.78, 5) is 14.4. The van der Waals surface area contributed by atoms with E-state index in [0.29, 0.717) is 18.2 Å². The SMILES string of the molecule is Cc1cccc(CC(=O)Nc2ccc(N3CCCC(C)C3)nn2)c1. The normalized spacial score (nSPS) is 17.6. The smallest absolute Gasteiger partial charge is 0.229 e. The molecule has 1 aliphatic heterocycles. The summed E-state index contributed by atoms with van der Waals surface area (Å²) < 4.78 is 0. The third kappa shape index (κ3) is 4.31. The average molecular weight is 324 g/mol. The highest BCUT2D eigenvalue weighted by molar-refractivity contribution is 5.91. The van der Waals surface area contributed by atoms with Crippen LogP contribution in [0.1, 0.15) is 30.9 Å². The quantitative estimate of drug-likeness (QED) is 0.938.